The molecule has 0 radical (unpaired) electrons. The number of halogens is 2. The Bertz CT molecular complexity index is 669. The van der Waals surface area contributed by atoms with Crippen molar-refractivity contribution in [2.45, 2.75) is 6.92 Å². The van der Waals surface area contributed by atoms with Gasteiger partial charge in [-0.25, -0.2) is 5.43 Å². The summed E-state index contributed by atoms with van der Waals surface area (Å²) in [6.07, 6.45) is 1.46. The molecule has 2 aromatic rings. The van der Waals surface area contributed by atoms with Crippen LogP contribution >= 0.6 is 23.2 Å². The van der Waals surface area contributed by atoms with E-state index >= 15 is 0 Å². The highest BCUT2D eigenvalue weighted by molar-refractivity contribution is 6.43. The van der Waals surface area contributed by atoms with Gasteiger partial charge in [-0.3, -0.25) is 4.79 Å². The number of carbonyl (C=O) groups is 1. The van der Waals surface area contributed by atoms with E-state index in [4.69, 9.17) is 23.2 Å². The maximum Gasteiger partial charge on any atom is 0.271 e. The predicted octanol–water partition coefficient (Wildman–Crippen LogP) is 4.07. The number of rotatable bonds is 3. The summed E-state index contributed by atoms with van der Waals surface area (Å²) in [7, 11) is 0. The molecule has 1 amide bonds. The molecule has 0 aliphatic carbocycles. The van der Waals surface area contributed by atoms with Crippen LogP contribution in [0.1, 0.15) is 21.5 Å². The van der Waals surface area contributed by atoms with Crippen LogP contribution in [0.15, 0.2) is 47.6 Å². The first kappa shape index (κ1) is 14.6. The fourth-order valence-electron chi connectivity index (χ4n) is 1.63. The van der Waals surface area contributed by atoms with E-state index in [9.17, 15) is 4.79 Å². The molecule has 0 bridgehead atoms. The molecule has 0 saturated heterocycles. The smallest absolute Gasteiger partial charge is 0.267 e. The third kappa shape index (κ3) is 3.59. The Labute approximate surface area is 127 Å². The summed E-state index contributed by atoms with van der Waals surface area (Å²) < 4.78 is 0. The van der Waals surface area contributed by atoms with Gasteiger partial charge in [-0.15, -0.1) is 0 Å². The summed E-state index contributed by atoms with van der Waals surface area (Å²) in [5, 5.41) is 4.73. The summed E-state index contributed by atoms with van der Waals surface area (Å²) in [6, 6.07) is 12.5. The lowest BCUT2D eigenvalue weighted by Gasteiger charge is -2.02. The predicted molar refractivity (Wildman–Crippen MR) is 82.7 cm³/mol. The van der Waals surface area contributed by atoms with Gasteiger partial charge in [0.25, 0.3) is 5.91 Å². The van der Waals surface area contributed by atoms with Crippen molar-refractivity contribution < 1.29 is 4.79 Å². The molecular formula is C15H12Cl2N2O. The second-order valence-corrected chi connectivity index (χ2v) is 5.00. The lowest BCUT2D eigenvalue weighted by molar-refractivity contribution is 0.0955. The molecule has 2 aromatic carbocycles. The van der Waals surface area contributed by atoms with Crippen molar-refractivity contribution in [1.29, 1.82) is 0 Å². The van der Waals surface area contributed by atoms with Gasteiger partial charge >= 0.3 is 0 Å². The lowest BCUT2D eigenvalue weighted by Crippen LogP contribution is -2.17. The van der Waals surface area contributed by atoms with Crippen molar-refractivity contribution in [3.8, 4) is 0 Å². The first-order valence-corrected chi connectivity index (χ1v) is 6.67. The minimum atomic E-state index is -0.275. The maximum absolute atomic E-state index is 11.9. The normalized spacial score (nSPS) is 10.8. The fraction of sp³-hybridized carbons (Fsp3) is 0.0667. The zero-order valence-corrected chi connectivity index (χ0v) is 12.2. The van der Waals surface area contributed by atoms with Gasteiger partial charge in [0.2, 0.25) is 0 Å². The van der Waals surface area contributed by atoms with Crippen LogP contribution in [-0.4, -0.2) is 12.1 Å². The second kappa shape index (κ2) is 6.55. The van der Waals surface area contributed by atoms with Crippen LogP contribution < -0.4 is 5.43 Å². The fourth-order valence-corrected chi connectivity index (χ4v) is 1.99. The van der Waals surface area contributed by atoms with Crippen molar-refractivity contribution in [3.63, 3.8) is 0 Å². The van der Waals surface area contributed by atoms with E-state index in [1.807, 2.05) is 19.1 Å². The summed E-state index contributed by atoms with van der Waals surface area (Å²) in [5.41, 5.74) is 4.66. The van der Waals surface area contributed by atoms with Gasteiger partial charge in [0.1, 0.15) is 0 Å². The van der Waals surface area contributed by atoms with E-state index in [0.717, 1.165) is 5.56 Å². The average molecular weight is 307 g/mol. The highest BCUT2D eigenvalue weighted by atomic mass is 35.5. The zero-order chi connectivity index (χ0) is 14.5. The molecule has 20 heavy (non-hydrogen) atoms. The monoisotopic (exact) mass is 306 g/mol. The van der Waals surface area contributed by atoms with E-state index < -0.39 is 0 Å². The van der Waals surface area contributed by atoms with E-state index in [2.05, 4.69) is 10.5 Å². The SMILES string of the molecule is Cc1cccc(C(=O)N/N=C\c2cccc(Cl)c2Cl)c1. The van der Waals surface area contributed by atoms with Crippen LogP contribution in [0, 0.1) is 6.92 Å². The minimum Gasteiger partial charge on any atom is -0.267 e. The average Bonchev–Trinajstić information content (AvgIpc) is 2.43. The molecule has 0 heterocycles. The molecule has 1 N–H and O–H groups in total. The standard InChI is InChI=1S/C15H12Cl2N2O/c1-10-4-2-5-11(8-10)15(20)19-18-9-12-6-3-7-13(16)14(12)17/h2-9H,1H3,(H,19,20)/b18-9-. The summed E-state index contributed by atoms with van der Waals surface area (Å²) in [5.74, 6) is -0.275. The van der Waals surface area contributed by atoms with E-state index in [1.54, 1.807) is 30.3 Å². The third-order valence-corrected chi connectivity index (χ3v) is 3.46. The first-order chi connectivity index (χ1) is 9.58. The Hall–Kier alpha value is -1.84. The summed E-state index contributed by atoms with van der Waals surface area (Å²) >= 11 is 11.9. The van der Waals surface area contributed by atoms with Gasteiger partial charge in [-0.2, -0.15) is 5.10 Å². The van der Waals surface area contributed by atoms with Crippen LogP contribution in [0.3, 0.4) is 0 Å². The van der Waals surface area contributed by atoms with Gasteiger partial charge in [0.05, 0.1) is 16.3 Å². The summed E-state index contributed by atoms with van der Waals surface area (Å²) in [6.45, 7) is 1.92. The number of benzene rings is 2. The Morgan fingerprint density at radius 2 is 1.95 bits per heavy atom. The van der Waals surface area contributed by atoms with Gasteiger partial charge < -0.3 is 0 Å². The van der Waals surface area contributed by atoms with Gasteiger partial charge in [-0.05, 0) is 25.1 Å². The third-order valence-electron chi connectivity index (χ3n) is 2.63. The Kier molecular flexibility index (Phi) is 4.77. The van der Waals surface area contributed by atoms with Crippen LogP contribution in [0.2, 0.25) is 10.0 Å². The number of nitrogens with zero attached hydrogens (tertiary/aromatic N) is 1. The van der Waals surface area contributed by atoms with Crippen LogP contribution in [0.25, 0.3) is 0 Å². The molecule has 0 saturated carbocycles. The van der Waals surface area contributed by atoms with Crippen molar-refractivity contribution in [3.05, 3.63) is 69.2 Å². The second-order valence-electron chi connectivity index (χ2n) is 4.21. The van der Waals surface area contributed by atoms with Crippen molar-refractivity contribution >= 4 is 35.3 Å². The number of amides is 1. The first-order valence-electron chi connectivity index (χ1n) is 5.92. The molecular weight excluding hydrogens is 295 g/mol. The number of hydrogen-bond acceptors (Lipinski definition) is 2. The highest BCUT2D eigenvalue weighted by Crippen LogP contribution is 2.24. The van der Waals surface area contributed by atoms with Crippen LogP contribution in [0.5, 0.6) is 0 Å². The molecule has 2 rings (SSSR count). The largest absolute Gasteiger partial charge is 0.271 e. The van der Waals surface area contributed by atoms with Crippen molar-refractivity contribution in [1.82, 2.24) is 5.43 Å². The molecule has 0 fully saturated rings. The van der Waals surface area contributed by atoms with Crippen LogP contribution in [-0.2, 0) is 0 Å². The number of hydrazone groups is 1. The van der Waals surface area contributed by atoms with Gasteiger partial charge in [0, 0.05) is 11.1 Å². The number of hydrogen-bond donors (Lipinski definition) is 1. The number of nitrogens with one attached hydrogen (secondary N) is 1. The van der Waals surface area contributed by atoms with E-state index in [0.29, 0.717) is 21.2 Å². The lowest BCUT2D eigenvalue weighted by atomic mass is 10.1. The minimum absolute atomic E-state index is 0.275. The molecule has 3 nitrogen and oxygen atoms in total. The molecule has 0 atom stereocenters. The number of aryl methyl sites for hydroxylation is 1. The molecule has 0 aliphatic rings. The van der Waals surface area contributed by atoms with Crippen molar-refractivity contribution in [2.75, 3.05) is 0 Å². The van der Waals surface area contributed by atoms with Gasteiger partial charge in [-0.1, -0.05) is 53.0 Å². The highest BCUT2D eigenvalue weighted by Gasteiger charge is 2.04. The Balaban J connectivity index is 2.07. The van der Waals surface area contributed by atoms with Crippen LogP contribution in [0.4, 0.5) is 0 Å². The molecule has 0 aromatic heterocycles. The summed E-state index contributed by atoms with van der Waals surface area (Å²) in [4.78, 5) is 11.9. The van der Waals surface area contributed by atoms with E-state index in [1.165, 1.54) is 6.21 Å². The molecule has 0 aliphatic heterocycles. The maximum atomic E-state index is 11.9. The quantitative estimate of drug-likeness (QED) is 0.674. The molecule has 102 valence electrons. The van der Waals surface area contributed by atoms with E-state index in [-0.39, 0.29) is 5.91 Å². The number of carbonyl (C=O) groups excluding carboxylic acids is 1. The molecule has 0 unspecified atom stereocenters. The topological polar surface area (TPSA) is 41.5 Å². The zero-order valence-electron chi connectivity index (χ0n) is 10.7. The Morgan fingerprint density at radius 1 is 1.20 bits per heavy atom. The molecule has 0 spiro atoms. The van der Waals surface area contributed by atoms with Crippen molar-refractivity contribution in [2.24, 2.45) is 5.10 Å². The molecule has 5 heteroatoms. The Morgan fingerprint density at radius 3 is 2.70 bits per heavy atom. The van der Waals surface area contributed by atoms with Gasteiger partial charge in [0.15, 0.2) is 0 Å².